The molecule has 1 unspecified atom stereocenters. The number of rotatable bonds is 5. The van der Waals surface area contributed by atoms with E-state index in [2.05, 4.69) is 14.8 Å². The number of carboxylic acid groups (broad SMARTS) is 1. The molecule has 0 spiro atoms. The molecule has 1 N–H and O–H groups in total. The number of cyclic esters (lactones) is 1. The van der Waals surface area contributed by atoms with E-state index >= 15 is 0 Å². The molecule has 3 aliphatic heterocycles. The predicted molar refractivity (Wildman–Crippen MR) is 108 cm³/mol. The van der Waals surface area contributed by atoms with E-state index in [4.69, 9.17) is 9.84 Å². The molecule has 4 rings (SSSR count). The fourth-order valence-corrected chi connectivity index (χ4v) is 4.55. The van der Waals surface area contributed by atoms with Gasteiger partial charge < -0.3 is 19.6 Å². The van der Waals surface area contributed by atoms with Crippen LogP contribution in [0.2, 0.25) is 0 Å². The van der Waals surface area contributed by atoms with Crippen molar-refractivity contribution in [1.29, 1.82) is 0 Å². The molecule has 1 amide bonds. The number of nitrogens with zero attached hydrogens (tertiary/aromatic N) is 4. The average molecular weight is 400 g/mol. The Bertz CT molecular complexity index is 751. The zero-order chi connectivity index (χ0) is 20.2. The topological polar surface area (TPSA) is 86.2 Å². The van der Waals surface area contributed by atoms with E-state index in [0.29, 0.717) is 6.54 Å². The molecular weight excluding hydrogens is 372 g/mol. The first kappa shape index (κ1) is 19.7. The molecule has 0 bridgehead atoms. The second-order valence-corrected chi connectivity index (χ2v) is 8.02. The highest BCUT2D eigenvalue weighted by molar-refractivity contribution is 5.80. The SMILES string of the molecule is O=C(O)C=C1CCN(CC2CN(C3CCN(c4ccncc4)CC3)C(=O)O2)CC1. The molecule has 1 aromatic heterocycles. The predicted octanol–water partition coefficient (Wildman–Crippen LogP) is 1.98. The van der Waals surface area contributed by atoms with Gasteiger partial charge in [-0.2, -0.15) is 0 Å². The molecule has 156 valence electrons. The molecule has 8 nitrogen and oxygen atoms in total. The highest BCUT2D eigenvalue weighted by Crippen LogP contribution is 2.26. The number of carboxylic acids is 1. The van der Waals surface area contributed by atoms with E-state index in [9.17, 15) is 9.59 Å². The first-order chi connectivity index (χ1) is 14.1. The standard InChI is InChI=1S/C21H28N4O4/c26-20(27)13-16-3-9-23(10-4-16)14-19-15-25(21(28)29-19)18-5-11-24(12-6-18)17-1-7-22-8-2-17/h1-2,7-8,13,18-19H,3-6,9-12,14-15H2,(H,26,27). The third-order valence-electron chi connectivity index (χ3n) is 6.12. The van der Waals surface area contributed by atoms with Gasteiger partial charge >= 0.3 is 12.1 Å². The van der Waals surface area contributed by atoms with Crippen LogP contribution in [0.25, 0.3) is 0 Å². The summed E-state index contributed by atoms with van der Waals surface area (Å²) in [6.45, 7) is 4.85. The van der Waals surface area contributed by atoms with Gasteiger partial charge in [0.15, 0.2) is 0 Å². The van der Waals surface area contributed by atoms with Crippen molar-refractivity contribution in [3.05, 3.63) is 36.2 Å². The van der Waals surface area contributed by atoms with Crippen LogP contribution in [0.5, 0.6) is 0 Å². The third-order valence-corrected chi connectivity index (χ3v) is 6.12. The van der Waals surface area contributed by atoms with Crippen molar-refractivity contribution < 1.29 is 19.4 Å². The smallest absolute Gasteiger partial charge is 0.410 e. The number of amides is 1. The molecule has 3 fully saturated rings. The Balaban J connectivity index is 1.24. The summed E-state index contributed by atoms with van der Waals surface area (Å²) in [6.07, 6.45) is 8.07. The van der Waals surface area contributed by atoms with Crippen molar-refractivity contribution in [2.75, 3.05) is 44.2 Å². The van der Waals surface area contributed by atoms with Gasteiger partial charge in [0.1, 0.15) is 6.10 Å². The van der Waals surface area contributed by atoms with Crippen LogP contribution in [0, 0.1) is 0 Å². The Morgan fingerprint density at radius 2 is 1.86 bits per heavy atom. The number of ether oxygens (including phenoxy) is 1. The number of piperidine rings is 2. The monoisotopic (exact) mass is 400 g/mol. The maximum Gasteiger partial charge on any atom is 0.410 e. The second kappa shape index (κ2) is 8.82. The van der Waals surface area contributed by atoms with Gasteiger partial charge in [-0.1, -0.05) is 5.57 Å². The van der Waals surface area contributed by atoms with Crippen LogP contribution in [0.15, 0.2) is 36.2 Å². The van der Waals surface area contributed by atoms with Crippen molar-refractivity contribution >= 4 is 17.7 Å². The van der Waals surface area contributed by atoms with Crippen LogP contribution in [-0.2, 0) is 9.53 Å². The fourth-order valence-electron chi connectivity index (χ4n) is 4.55. The van der Waals surface area contributed by atoms with Crippen LogP contribution < -0.4 is 4.90 Å². The number of carbonyl (C=O) groups is 2. The Kier molecular flexibility index (Phi) is 5.99. The van der Waals surface area contributed by atoms with Crippen LogP contribution in [-0.4, -0.2) is 83.4 Å². The first-order valence-corrected chi connectivity index (χ1v) is 10.4. The van der Waals surface area contributed by atoms with Crippen molar-refractivity contribution in [1.82, 2.24) is 14.8 Å². The molecule has 0 saturated carbocycles. The lowest BCUT2D eigenvalue weighted by molar-refractivity contribution is -0.131. The summed E-state index contributed by atoms with van der Waals surface area (Å²) in [5, 5.41) is 8.87. The van der Waals surface area contributed by atoms with E-state index in [1.807, 2.05) is 29.4 Å². The molecule has 0 radical (unpaired) electrons. The molecule has 0 aliphatic carbocycles. The number of aliphatic carboxylic acids is 1. The molecule has 4 heterocycles. The molecule has 1 aromatic rings. The Labute approximate surface area is 170 Å². The van der Waals surface area contributed by atoms with Crippen molar-refractivity contribution in [2.45, 2.75) is 37.8 Å². The van der Waals surface area contributed by atoms with Gasteiger partial charge in [-0.15, -0.1) is 0 Å². The largest absolute Gasteiger partial charge is 0.478 e. The number of hydrogen-bond acceptors (Lipinski definition) is 6. The lowest BCUT2D eigenvalue weighted by Gasteiger charge is -2.36. The Morgan fingerprint density at radius 3 is 2.52 bits per heavy atom. The van der Waals surface area contributed by atoms with Crippen molar-refractivity contribution in [2.24, 2.45) is 0 Å². The van der Waals surface area contributed by atoms with Crippen LogP contribution in [0.3, 0.4) is 0 Å². The van der Waals surface area contributed by atoms with Crippen molar-refractivity contribution in [3.63, 3.8) is 0 Å². The van der Waals surface area contributed by atoms with Gasteiger partial charge in [-0.05, 0) is 37.8 Å². The van der Waals surface area contributed by atoms with Gasteiger partial charge in [0.05, 0.1) is 6.54 Å². The van der Waals surface area contributed by atoms with Gasteiger partial charge in [-0.25, -0.2) is 9.59 Å². The zero-order valence-electron chi connectivity index (χ0n) is 16.6. The fraction of sp³-hybridized carbons (Fsp3) is 0.571. The minimum absolute atomic E-state index is 0.106. The minimum atomic E-state index is -0.871. The summed E-state index contributed by atoms with van der Waals surface area (Å²) in [7, 11) is 0. The summed E-state index contributed by atoms with van der Waals surface area (Å²) in [5.74, 6) is -0.871. The third kappa shape index (κ3) is 4.87. The van der Waals surface area contributed by atoms with E-state index in [-0.39, 0.29) is 18.2 Å². The zero-order valence-corrected chi connectivity index (χ0v) is 16.6. The Hall–Kier alpha value is -2.61. The Morgan fingerprint density at radius 1 is 1.17 bits per heavy atom. The quantitative estimate of drug-likeness (QED) is 0.757. The van der Waals surface area contributed by atoms with E-state index in [1.165, 1.54) is 11.8 Å². The molecule has 1 atom stereocenters. The van der Waals surface area contributed by atoms with Gasteiger partial charge in [0, 0.05) is 62.9 Å². The highest BCUT2D eigenvalue weighted by Gasteiger charge is 2.38. The highest BCUT2D eigenvalue weighted by atomic mass is 16.6. The molecule has 3 saturated heterocycles. The van der Waals surface area contributed by atoms with E-state index in [0.717, 1.165) is 64.0 Å². The summed E-state index contributed by atoms with van der Waals surface area (Å²) in [5.41, 5.74) is 2.17. The van der Waals surface area contributed by atoms with E-state index < -0.39 is 5.97 Å². The average Bonchev–Trinajstić information content (AvgIpc) is 3.10. The lowest BCUT2D eigenvalue weighted by atomic mass is 10.0. The summed E-state index contributed by atoms with van der Waals surface area (Å²) < 4.78 is 5.65. The molecular formula is C21H28N4O4. The van der Waals surface area contributed by atoms with Crippen LogP contribution >= 0.6 is 0 Å². The number of carbonyl (C=O) groups excluding carboxylic acids is 1. The summed E-state index contributed by atoms with van der Waals surface area (Å²) >= 11 is 0. The maximum atomic E-state index is 12.4. The van der Waals surface area contributed by atoms with Crippen LogP contribution in [0.1, 0.15) is 25.7 Å². The lowest BCUT2D eigenvalue weighted by Crippen LogP contribution is -2.46. The number of anilines is 1. The summed E-state index contributed by atoms with van der Waals surface area (Å²) in [4.78, 5) is 33.8. The summed E-state index contributed by atoms with van der Waals surface area (Å²) in [6, 6.07) is 4.28. The minimum Gasteiger partial charge on any atom is -0.478 e. The number of aromatic nitrogens is 1. The maximum absolute atomic E-state index is 12.4. The van der Waals surface area contributed by atoms with Gasteiger partial charge in [0.25, 0.3) is 0 Å². The van der Waals surface area contributed by atoms with Gasteiger partial charge in [-0.3, -0.25) is 9.88 Å². The number of likely N-dealkylation sites (tertiary alicyclic amines) is 1. The molecule has 29 heavy (non-hydrogen) atoms. The van der Waals surface area contributed by atoms with Gasteiger partial charge in [0.2, 0.25) is 0 Å². The number of hydrogen-bond donors (Lipinski definition) is 1. The van der Waals surface area contributed by atoms with E-state index in [1.54, 1.807) is 0 Å². The molecule has 3 aliphatic rings. The molecule has 8 heteroatoms. The van der Waals surface area contributed by atoms with Crippen molar-refractivity contribution in [3.8, 4) is 0 Å². The normalized spacial score (nSPS) is 23.9. The first-order valence-electron chi connectivity index (χ1n) is 10.4. The number of pyridine rings is 1. The van der Waals surface area contributed by atoms with Crippen LogP contribution in [0.4, 0.5) is 10.5 Å². The molecule has 0 aromatic carbocycles. The second-order valence-electron chi connectivity index (χ2n) is 8.02.